The van der Waals surface area contributed by atoms with Crippen LogP contribution in [0.25, 0.3) is 22.4 Å². The highest BCUT2D eigenvalue weighted by Crippen LogP contribution is 2.38. The van der Waals surface area contributed by atoms with Crippen LogP contribution in [0.5, 0.6) is 0 Å². The molecule has 1 heterocycles. The third-order valence-electron chi connectivity index (χ3n) is 3.58. The van der Waals surface area contributed by atoms with Gasteiger partial charge in [0.25, 0.3) is 0 Å². The molecule has 0 radical (unpaired) electrons. The molecule has 2 aromatic carbocycles. The summed E-state index contributed by atoms with van der Waals surface area (Å²) in [6.07, 6.45) is 0. The van der Waals surface area contributed by atoms with Crippen LogP contribution < -0.4 is 5.73 Å². The summed E-state index contributed by atoms with van der Waals surface area (Å²) in [6, 6.07) is 12.5. The summed E-state index contributed by atoms with van der Waals surface area (Å²) in [4.78, 5) is 0. The number of halogens is 1. The van der Waals surface area contributed by atoms with Gasteiger partial charge in [0.1, 0.15) is 11.5 Å². The third kappa shape index (κ3) is 2.29. The molecule has 0 spiro atoms. The quantitative estimate of drug-likeness (QED) is 0.760. The molecule has 0 bridgehead atoms. The minimum atomic E-state index is -0.273. The lowest BCUT2D eigenvalue weighted by Gasteiger charge is -2.08. The lowest BCUT2D eigenvalue weighted by Crippen LogP contribution is -1.92. The van der Waals surface area contributed by atoms with Gasteiger partial charge in [0.2, 0.25) is 5.88 Å². The molecule has 3 rings (SSSR count). The fraction of sp³-hybridized carbons (Fsp3) is 0.118. The normalized spacial score (nSPS) is 10.8. The van der Waals surface area contributed by atoms with Gasteiger partial charge in [-0.1, -0.05) is 29.4 Å². The Kier molecular flexibility index (Phi) is 3.22. The Morgan fingerprint density at radius 3 is 2.48 bits per heavy atom. The number of nitrogen functional groups attached to an aromatic ring is 1. The van der Waals surface area contributed by atoms with Crippen molar-refractivity contribution in [3.63, 3.8) is 0 Å². The van der Waals surface area contributed by atoms with Crippen molar-refractivity contribution in [3.8, 4) is 22.4 Å². The number of nitrogens with two attached hydrogens (primary N) is 1. The Bertz CT molecular complexity index is 808. The molecule has 0 aliphatic rings. The molecule has 0 unspecified atom stereocenters. The molecule has 106 valence electrons. The van der Waals surface area contributed by atoms with Gasteiger partial charge < -0.3 is 10.3 Å². The van der Waals surface area contributed by atoms with Gasteiger partial charge in [0.05, 0.1) is 5.56 Å². The van der Waals surface area contributed by atoms with E-state index in [2.05, 4.69) is 5.16 Å². The van der Waals surface area contributed by atoms with Crippen LogP contribution in [0.4, 0.5) is 10.3 Å². The van der Waals surface area contributed by atoms with Crippen molar-refractivity contribution in [2.24, 2.45) is 0 Å². The number of rotatable bonds is 2. The number of benzene rings is 2. The zero-order valence-electron chi connectivity index (χ0n) is 11.9. The lowest BCUT2D eigenvalue weighted by atomic mass is 9.95. The van der Waals surface area contributed by atoms with Crippen LogP contribution in [0.2, 0.25) is 0 Å². The maximum atomic E-state index is 13.3. The van der Waals surface area contributed by atoms with E-state index in [4.69, 9.17) is 10.3 Å². The lowest BCUT2D eigenvalue weighted by molar-refractivity contribution is 0.439. The first kappa shape index (κ1) is 13.4. The molecule has 21 heavy (non-hydrogen) atoms. The number of aryl methyl sites for hydroxylation is 2. The summed E-state index contributed by atoms with van der Waals surface area (Å²) in [6.45, 7) is 3.84. The van der Waals surface area contributed by atoms with Gasteiger partial charge in [-0.05, 0) is 48.7 Å². The van der Waals surface area contributed by atoms with E-state index in [1.165, 1.54) is 12.1 Å². The molecule has 3 nitrogen and oxygen atoms in total. The zero-order chi connectivity index (χ0) is 15.0. The van der Waals surface area contributed by atoms with Gasteiger partial charge in [-0.15, -0.1) is 0 Å². The van der Waals surface area contributed by atoms with Crippen molar-refractivity contribution in [1.82, 2.24) is 5.16 Å². The monoisotopic (exact) mass is 282 g/mol. The second kappa shape index (κ2) is 5.05. The number of nitrogens with zero attached hydrogens (tertiary/aromatic N) is 1. The molecule has 0 saturated heterocycles. The zero-order valence-corrected chi connectivity index (χ0v) is 11.9. The van der Waals surface area contributed by atoms with Crippen molar-refractivity contribution < 1.29 is 8.91 Å². The molecule has 4 heteroatoms. The fourth-order valence-electron chi connectivity index (χ4n) is 2.49. The molecule has 0 aliphatic carbocycles. The summed E-state index contributed by atoms with van der Waals surface area (Å²) in [5.41, 5.74) is 11.0. The van der Waals surface area contributed by atoms with Crippen LogP contribution in [-0.4, -0.2) is 5.16 Å². The number of hydrogen-bond acceptors (Lipinski definition) is 3. The van der Waals surface area contributed by atoms with Crippen LogP contribution in [-0.2, 0) is 0 Å². The number of hydrogen-bond donors (Lipinski definition) is 1. The van der Waals surface area contributed by atoms with Crippen molar-refractivity contribution in [3.05, 3.63) is 59.4 Å². The largest absolute Gasteiger partial charge is 0.367 e. The highest BCUT2D eigenvalue weighted by atomic mass is 19.1. The van der Waals surface area contributed by atoms with Gasteiger partial charge in [0.15, 0.2) is 0 Å². The van der Waals surface area contributed by atoms with Gasteiger partial charge in [0, 0.05) is 5.56 Å². The van der Waals surface area contributed by atoms with E-state index in [1.807, 2.05) is 38.1 Å². The van der Waals surface area contributed by atoms with Crippen molar-refractivity contribution in [2.75, 3.05) is 5.73 Å². The first-order valence-electron chi connectivity index (χ1n) is 6.65. The Morgan fingerprint density at radius 2 is 1.76 bits per heavy atom. The summed E-state index contributed by atoms with van der Waals surface area (Å²) in [5.74, 6) is -0.00631. The van der Waals surface area contributed by atoms with Crippen molar-refractivity contribution in [2.45, 2.75) is 13.8 Å². The maximum absolute atomic E-state index is 13.3. The summed E-state index contributed by atoms with van der Waals surface area (Å²) in [5, 5.41) is 4.07. The molecule has 3 aromatic rings. The highest BCUT2D eigenvalue weighted by Gasteiger charge is 2.20. The minimum absolute atomic E-state index is 0.267. The fourth-order valence-corrected chi connectivity index (χ4v) is 2.49. The van der Waals surface area contributed by atoms with Crippen LogP contribution in [0.3, 0.4) is 0 Å². The van der Waals surface area contributed by atoms with E-state index in [9.17, 15) is 4.39 Å². The molecule has 0 fully saturated rings. The predicted octanol–water partition coefficient (Wildman–Crippen LogP) is 4.35. The van der Waals surface area contributed by atoms with Crippen molar-refractivity contribution in [1.29, 1.82) is 0 Å². The van der Waals surface area contributed by atoms with E-state index < -0.39 is 0 Å². The molecule has 1 aromatic heterocycles. The number of aromatic nitrogens is 1. The number of anilines is 1. The first-order chi connectivity index (χ1) is 10.1. The first-order valence-corrected chi connectivity index (χ1v) is 6.65. The summed E-state index contributed by atoms with van der Waals surface area (Å²) < 4.78 is 18.5. The van der Waals surface area contributed by atoms with E-state index >= 15 is 0 Å². The molecule has 0 atom stereocenters. The topological polar surface area (TPSA) is 52.0 Å². The van der Waals surface area contributed by atoms with Crippen molar-refractivity contribution >= 4 is 5.88 Å². The molecule has 2 N–H and O–H groups in total. The molecular formula is C17H15FN2O. The third-order valence-corrected chi connectivity index (χ3v) is 3.58. The molecule has 0 saturated carbocycles. The summed E-state index contributed by atoms with van der Waals surface area (Å²) in [7, 11) is 0. The van der Waals surface area contributed by atoms with Crippen LogP contribution >= 0.6 is 0 Å². The van der Waals surface area contributed by atoms with Crippen LogP contribution in [0.1, 0.15) is 11.1 Å². The van der Waals surface area contributed by atoms with E-state index in [1.54, 1.807) is 6.07 Å². The average Bonchev–Trinajstić information content (AvgIpc) is 2.81. The standard InChI is InChI=1S/C17H15FN2O/c1-10-5-3-4-6-13(10)15-16(20-21-17(15)19)14-8-7-12(18)9-11(14)2/h3-9H,19H2,1-2H3. The summed E-state index contributed by atoms with van der Waals surface area (Å²) >= 11 is 0. The van der Waals surface area contributed by atoms with E-state index in [0.717, 1.165) is 27.8 Å². The second-order valence-electron chi connectivity index (χ2n) is 5.04. The Labute approximate surface area is 122 Å². The Balaban J connectivity index is 2.25. The predicted molar refractivity (Wildman–Crippen MR) is 81.2 cm³/mol. The van der Waals surface area contributed by atoms with Crippen LogP contribution in [0.15, 0.2) is 47.0 Å². The SMILES string of the molecule is Cc1cc(F)ccc1-c1noc(N)c1-c1ccccc1C. The van der Waals surface area contributed by atoms with Crippen LogP contribution in [0, 0.1) is 19.7 Å². The minimum Gasteiger partial charge on any atom is -0.367 e. The van der Waals surface area contributed by atoms with Gasteiger partial charge in [-0.2, -0.15) is 0 Å². The molecular weight excluding hydrogens is 267 g/mol. The second-order valence-corrected chi connectivity index (χ2v) is 5.04. The molecule has 0 aliphatic heterocycles. The van der Waals surface area contributed by atoms with Gasteiger partial charge in [-0.3, -0.25) is 0 Å². The molecule has 0 amide bonds. The Morgan fingerprint density at radius 1 is 1.00 bits per heavy atom. The maximum Gasteiger partial charge on any atom is 0.230 e. The highest BCUT2D eigenvalue weighted by molar-refractivity contribution is 5.88. The smallest absolute Gasteiger partial charge is 0.230 e. The average molecular weight is 282 g/mol. The van der Waals surface area contributed by atoms with Gasteiger partial charge >= 0.3 is 0 Å². The van der Waals surface area contributed by atoms with E-state index in [-0.39, 0.29) is 11.7 Å². The van der Waals surface area contributed by atoms with Gasteiger partial charge in [-0.25, -0.2) is 4.39 Å². The Hall–Kier alpha value is -2.62. The van der Waals surface area contributed by atoms with E-state index in [0.29, 0.717) is 5.69 Å².